The molecule has 3 aliphatic rings. The minimum Gasteiger partial charge on any atom is -0.504 e. The van der Waals surface area contributed by atoms with Gasteiger partial charge in [0, 0.05) is 36.1 Å². The number of nitrogens with one attached hydrogen (secondary N) is 2. The zero-order chi connectivity index (χ0) is 19.1. The van der Waals surface area contributed by atoms with E-state index in [1.807, 2.05) is 23.1 Å². The number of amides is 1. The van der Waals surface area contributed by atoms with Gasteiger partial charge in [0.25, 0.3) is 0 Å². The molecule has 0 spiro atoms. The maximum atomic E-state index is 13.1. The highest BCUT2D eigenvalue weighted by atomic mass is 16.5. The van der Waals surface area contributed by atoms with E-state index in [0.29, 0.717) is 37.4 Å². The van der Waals surface area contributed by atoms with E-state index < -0.39 is 0 Å². The minimum absolute atomic E-state index is 0.0818. The van der Waals surface area contributed by atoms with Gasteiger partial charge < -0.3 is 14.7 Å². The Hall–Kier alpha value is -2.64. The topological polar surface area (TPSA) is 86.7 Å². The number of benzene rings is 1. The summed E-state index contributed by atoms with van der Waals surface area (Å²) in [7, 11) is 0. The van der Waals surface area contributed by atoms with Crippen molar-refractivity contribution in [2.45, 2.75) is 37.9 Å². The second-order valence-corrected chi connectivity index (χ2v) is 7.85. The summed E-state index contributed by atoms with van der Waals surface area (Å²) in [5.74, 6) is 1.35. The van der Waals surface area contributed by atoms with Gasteiger partial charge in [-0.05, 0) is 48.9 Å². The van der Waals surface area contributed by atoms with Gasteiger partial charge in [-0.15, -0.1) is 0 Å². The van der Waals surface area contributed by atoms with Crippen LogP contribution in [0.1, 0.15) is 24.8 Å². The molecule has 1 saturated carbocycles. The van der Waals surface area contributed by atoms with E-state index >= 15 is 0 Å². The Bertz CT molecular complexity index is 885. The van der Waals surface area contributed by atoms with Crippen molar-refractivity contribution in [1.29, 1.82) is 0 Å². The lowest BCUT2D eigenvalue weighted by Gasteiger charge is -2.23. The monoisotopic (exact) mass is 380 g/mol. The van der Waals surface area contributed by atoms with Gasteiger partial charge in [-0.25, -0.2) is 5.43 Å². The van der Waals surface area contributed by atoms with Crippen molar-refractivity contribution in [2.24, 2.45) is 5.92 Å². The van der Waals surface area contributed by atoms with Crippen molar-refractivity contribution >= 4 is 5.91 Å². The third kappa shape index (κ3) is 3.31. The fourth-order valence-electron chi connectivity index (χ4n) is 4.16. The van der Waals surface area contributed by atoms with E-state index in [0.717, 1.165) is 23.1 Å². The van der Waals surface area contributed by atoms with Gasteiger partial charge in [-0.2, -0.15) is 0 Å². The minimum atomic E-state index is -0.206. The largest absolute Gasteiger partial charge is 0.504 e. The number of aromatic nitrogens is 1. The molecule has 2 aromatic rings. The summed E-state index contributed by atoms with van der Waals surface area (Å²) in [6.45, 7) is 1.29. The van der Waals surface area contributed by atoms with E-state index in [9.17, 15) is 9.90 Å². The number of rotatable bonds is 3. The van der Waals surface area contributed by atoms with E-state index in [2.05, 4.69) is 15.8 Å². The number of nitrogens with zero attached hydrogens (tertiary/aromatic N) is 2. The van der Waals surface area contributed by atoms with Crippen molar-refractivity contribution in [1.82, 2.24) is 20.7 Å². The molecule has 1 amide bonds. The third-order valence-corrected chi connectivity index (χ3v) is 5.84. The summed E-state index contributed by atoms with van der Waals surface area (Å²) in [6, 6.07) is 7.66. The molecule has 0 radical (unpaired) electrons. The van der Waals surface area contributed by atoms with Gasteiger partial charge in [0.1, 0.15) is 12.6 Å². The van der Waals surface area contributed by atoms with E-state index in [4.69, 9.17) is 4.74 Å². The summed E-state index contributed by atoms with van der Waals surface area (Å²) >= 11 is 0. The molecule has 7 heteroatoms. The van der Waals surface area contributed by atoms with Gasteiger partial charge in [-0.3, -0.25) is 15.2 Å². The van der Waals surface area contributed by atoms with Gasteiger partial charge in [0.2, 0.25) is 5.91 Å². The van der Waals surface area contributed by atoms with E-state index in [1.54, 1.807) is 18.5 Å². The number of phenolic OH excluding ortho intramolecular Hbond substituents is 1. The van der Waals surface area contributed by atoms with Crippen molar-refractivity contribution in [2.75, 3.05) is 13.2 Å². The first kappa shape index (κ1) is 17.5. The normalized spacial score (nSPS) is 24.4. The molecule has 2 aliphatic heterocycles. The summed E-state index contributed by atoms with van der Waals surface area (Å²) in [4.78, 5) is 19.1. The Morgan fingerprint density at radius 1 is 1.25 bits per heavy atom. The number of carbonyl (C=O) groups is 1. The Labute approximate surface area is 163 Å². The highest BCUT2D eigenvalue weighted by molar-refractivity contribution is 5.82. The van der Waals surface area contributed by atoms with Crippen LogP contribution in [-0.2, 0) is 11.3 Å². The SMILES string of the molecule is O=C(C1CC(C2CC2)NN1)N1CCOc2c(O)cc(-c3cccnc3)cc2C1. The molecule has 3 N–H and O–H groups in total. The lowest BCUT2D eigenvalue weighted by molar-refractivity contribution is -0.133. The van der Waals surface area contributed by atoms with Crippen molar-refractivity contribution < 1.29 is 14.6 Å². The van der Waals surface area contributed by atoms with Crippen LogP contribution in [0.3, 0.4) is 0 Å². The Kier molecular flexibility index (Phi) is 4.41. The molecular weight excluding hydrogens is 356 g/mol. The summed E-state index contributed by atoms with van der Waals surface area (Å²) in [6.07, 6.45) is 6.81. The van der Waals surface area contributed by atoms with Crippen molar-refractivity contribution in [3.63, 3.8) is 0 Å². The van der Waals surface area contributed by atoms with Crippen molar-refractivity contribution in [3.05, 3.63) is 42.2 Å². The number of hydrazine groups is 1. The van der Waals surface area contributed by atoms with Gasteiger partial charge in [-0.1, -0.05) is 6.07 Å². The summed E-state index contributed by atoms with van der Waals surface area (Å²) in [5.41, 5.74) is 9.05. The van der Waals surface area contributed by atoms with Crippen LogP contribution in [0.2, 0.25) is 0 Å². The zero-order valence-corrected chi connectivity index (χ0v) is 15.6. The van der Waals surface area contributed by atoms with Crippen LogP contribution in [0.5, 0.6) is 11.5 Å². The van der Waals surface area contributed by atoms with Crippen LogP contribution in [0.25, 0.3) is 11.1 Å². The summed E-state index contributed by atoms with van der Waals surface area (Å²) in [5, 5.41) is 10.5. The first-order chi connectivity index (χ1) is 13.7. The van der Waals surface area contributed by atoms with Crippen LogP contribution in [0.4, 0.5) is 0 Å². The molecule has 1 aromatic carbocycles. The van der Waals surface area contributed by atoms with Crippen LogP contribution >= 0.6 is 0 Å². The Morgan fingerprint density at radius 3 is 2.93 bits per heavy atom. The van der Waals surface area contributed by atoms with Crippen LogP contribution in [0, 0.1) is 5.92 Å². The second-order valence-electron chi connectivity index (χ2n) is 7.85. The van der Waals surface area contributed by atoms with E-state index in [1.165, 1.54) is 12.8 Å². The molecule has 28 heavy (non-hydrogen) atoms. The number of fused-ring (bicyclic) bond motifs is 1. The Morgan fingerprint density at radius 2 is 2.14 bits per heavy atom. The molecule has 2 fully saturated rings. The maximum absolute atomic E-state index is 13.1. The van der Waals surface area contributed by atoms with E-state index in [-0.39, 0.29) is 17.7 Å². The number of pyridine rings is 1. The fourth-order valence-corrected chi connectivity index (χ4v) is 4.16. The molecule has 3 heterocycles. The first-order valence-corrected chi connectivity index (χ1v) is 9.88. The van der Waals surface area contributed by atoms with Crippen LogP contribution in [0.15, 0.2) is 36.7 Å². The second kappa shape index (κ2) is 7.07. The molecule has 7 nitrogen and oxygen atoms in total. The quantitative estimate of drug-likeness (QED) is 0.753. The van der Waals surface area contributed by atoms with Gasteiger partial charge in [0.15, 0.2) is 11.5 Å². The molecule has 2 atom stereocenters. The average molecular weight is 380 g/mol. The molecule has 1 aromatic heterocycles. The van der Waals surface area contributed by atoms with Gasteiger partial charge >= 0.3 is 0 Å². The molecule has 1 aliphatic carbocycles. The lowest BCUT2D eigenvalue weighted by atomic mass is 10.0. The molecule has 2 unspecified atom stereocenters. The smallest absolute Gasteiger partial charge is 0.241 e. The molecule has 146 valence electrons. The first-order valence-electron chi connectivity index (χ1n) is 9.88. The number of hydrogen-bond acceptors (Lipinski definition) is 6. The summed E-state index contributed by atoms with van der Waals surface area (Å²) < 4.78 is 5.79. The third-order valence-electron chi connectivity index (χ3n) is 5.84. The average Bonchev–Trinajstić information content (AvgIpc) is 3.49. The van der Waals surface area contributed by atoms with Gasteiger partial charge in [0.05, 0.1) is 6.54 Å². The highest BCUT2D eigenvalue weighted by Gasteiger charge is 2.40. The predicted molar refractivity (Wildman–Crippen MR) is 103 cm³/mol. The maximum Gasteiger partial charge on any atom is 0.241 e. The predicted octanol–water partition coefficient (Wildman–Crippen LogP) is 1.82. The Balaban J connectivity index is 1.38. The zero-order valence-electron chi connectivity index (χ0n) is 15.6. The fraction of sp³-hybridized carbons (Fsp3) is 0.429. The number of phenols is 1. The molecule has 0 bridgehead atoms. The number of hydrogen-bond donors (Lipinski definition) is 3. The van der Waals surface area contributed by atoms with Crippen LogP contribution < -0.4 is 15.6 Å². The molecular formula is C21H24N4O3. The number of aromatic hydroxyl groups is 1. The van der Waals surface area contributed by atoms with Crippen molar-refractivity contribution in [3.8, 4) is 22.6 Å². The molecule has 5 rings (SSSR count). The lowest BCUT2D eigenvalue weighted by Crippen LogP contribution is -2.46. The number of carbonyl (C=O) groups excluding carboxylic acids is 1. The highest BCUT2D eigenvalue weighted by Crippen LogP contribution is 2.38. The van der Waals surface area contributed by atoms with Crippen LogP contribution in [-0.4, -0.2) is 46.1 Å². The molecule has 1 saturated heterocycles. The number of ether oxygens (including phenoxy) is 1. The standard InChI is InChI=1S/C21H24N4O3/c26-19-9-15(14-2-1-5-22-11-14)8-16-12-25(6-7-28-20(16)19)21(27)18-10-17(23-24-18)13-3-4-13/h1-2,5,8-9,11,13,17-18,23-24,26H,3-4,6-7,10,12H2.